The minimum absolute atomic E-state index is 0.0718. The van der Waals surface area contributed by atoms with E-state index >= 15 is 0 Å². The predicted molar refractivity (Wildman–Crippen MR) is 112 cm³/mol. The molecule has 1 heterocycles. The summed E-state index contributed by atoms with van der Waals surface area (Å²) in [6, 6.07) is 12.3. The molecule has 0 spiro atoms. The number of carboxylic acids is 1. The van der Waals surface area contributed by atoms with Gasteiger partial charge in [-0.25, -0.2) is 13.2 Å². The van der Waals surface area contributed by atoms with Gasteiger partial charge in [-0.1, -0.05) is 23.7 Å². The van der Waals surface area contributed by atoms with Crippen molar-refractivity contribution >= 4 is 44.7 Å². The fraction of sp³-hybridized carbons (Fsp3) is 0.316. The van der Waals surface area contributed by atoms with Gasteiger partial charge >= 0.3 is 5.97 Å². The van der Waals surface area contributed by atoms with Crippen molar-refractivity contribution in [2.45, 2.75) is 6.92 Å². The van der Waals surface area contributed by atoms with Crippen LogP contribution in [0.1, 0.15) is 17.3 Å². The third-order valence-electron chi connectivity index (χ3n) is 4.69. The molecule has 0 radical (unpaired) electrons. The number of halogens is 1. The first-order valence-electron chi connectivity index (χ1n) is 8.93. The number of benzene rings is 2. The number of para-hydroxylation sites is 1. The summed E-state index contributed by atoms with van der Waals surface area (Å²) in [7, 11) is -3.47. The summed E-state index contributed by atoms with van der Waals surface area (Å²) < 4.78 is 25.9. The summed E-state index contributed by atoms with van der Waals surface area (Å²) in [5.74, 6) is -1.18. The molecule has 0 bridgehead atoms. The highest BCUT2D eigenvalue weighted by Crippen LogP contribution is 2.29. The average molecular weight is 424 g/mol. The minimum Gasteiger partial charge on any atom is -0.478 e. The topological polar surface area (TPSA) is 90.0 Å². The van der Waals surface area contributed by atoms with E-state index in [9.17, 15) is 18.3 Å². The molecule has 0 saturated carbocycles. The summed E-state index contributed by atoms with van der Waals surface area (Å²) in [5, 5.41) is 10.3. The van der Waals surface area contributed by atoms with Gasteiger partial charge in [-0.3, -0.25) is 4.72 Å². The third-order valence-corrected chi connectivity index (χ3v) is 6.32. The van der Waals surface area contributed by atoms with Crippen LogP contribution in [0.3, 0.4) is 0 Å². The number of hydrogen-bond acceptors (Lipinski definition) is 5. The van der Waals surface area contributed by atoms with Crippen LogP contribution in [0.2, 0.25) is 5.02 Å². The van der Waals surface area contributed by atoms with Gasteiger partial charge in [0.05, 0.1) is 27.7 Å². The van der Waals surface area contributed by atoms with Gasteiger partial charge in [0.25, 0.3) is 0 Å². The number of carbonyl (C=O) groups is 1. The standard InChI is InChI=1S/C19H22ClN3O4S/c1-2-28(26,27)21-14-7-8-17(15(13-14)19(24)25)22-9-11-23(12-10-22)18-6-4-3-5-16(18)20/h3-8,13,21H,2,9-12H2,1H3,(H,24,25). The number of piperazine rings is 1. The zero-order chi connectivity index (χ0) is 20.3. The Morgan fingerprint density at radius 2 is 1.68 bits per heavy atom. The van der Waals surface area contributed by atoms with E-state index in [1.54, 1.807) is 12.1 Å². The monoisotopic (exact) mass is 423 g/mol. The molecule has 9 heteroatoms. The summed E-state index contributed by atoms with van der Waals surface area (Å²) >= 11 is 6.27. The zero-order valence-electron chi connectivity index (χ0n) is 15.4. The van der Waals surface area contributed by atoms with Gasteiger partial charge in [0.2, 0.25) is 10.0 Å². The molecule has 0 aromatic heterocycles. The molecule has 1 saturated heterocycles. The van der Waals surface area contributed by atoms with E-state index in [0.29, 0.717) is 36.9 Å². The van der Waals surface area contributed by atoms with Crippen molar-refractivity contribution in [2.75, 3.05) is 46.5 Å². The van der Waals surface area contributed by atoms with E-state index in [1.807, 2.05) is 29.2 Å². The summed E-state index contributed by atoms with van der Waals surface area (Å²) in [4.78, 5) is 15.9. The molecule has 1 aliphatic rings. The van der Waals surface area contributed by atoms with Gasteiger partial charge < -0.3 is 14.9 Å². The zero-order valence-corrected chi connectivity index (χ0v) is 17.0. The van der Waals surface area contributed by atoms with Crippen molar-refractivity contribution < 1.29 is 18.3 Å². The normalized spacial score (nSPS) is 14.8. The van der Waals surface area contributed by atoms with E-state index < -0.39 is 16.0 Å². The highest BCUT2D eigenvalue weighted by Gasteiger charge is 2.23. The molecule has 0 atom stereocenters. The maximum absolute atomic E-state index is 11.8. The number of hydrogen-bond donors (Lipinski definition) is 2. The molecule has 150 valence electrons. The van der Waals surface area contributed by atoms with Crippen LogP contribution in [0.25, 0.3) is 0 Å². The maximum Gasteiger partial charge on any atom is 0.337 e. The Balaban J connectivity index is 1.79. The van der Waals surface area contributed by atoms with Crippen LogP contribution in [-0.2, 0) is 10.0 Å². The lowest BCUT2D eigenvalue weighted by Crippen LogP contribution is -2.47. The number of aromatic carboxylic acids is 1. The Bertz CT molecular complexity index is 973. The van der Waals surface area contributed by atoms with Crippen LogP contribution in [0.5, 0.6) is 0 Å². The molecule has 0 aliphatic carbocycles. The van der Waals surface area contributed by atoms with E-state index in [2.05, 4.69) is 9.62 Å². The lowest BCUT2D eigenvalue weighted by atomic mass is 10.1. The van der Waals surface area contributed by atoms with E-state index in [1.165, 1.54) is 13.0 Å². The highest BCUT2D eigenvalue weighted by atomic mass is 35.5. The first-order chi connectivity index (χ1) is 13.3. The SMILES string of the molecule is CCS(=O)(=O)Nc1ccc(N2CCN(c3ccccc3Cl)CC2)c(C(=O)O)c1. The molecular weight excluding hydrogens is 402 g/mol. The van der Waals surface area contributed by atoms with Gasteiger partial charge in [-0.2, -0.15) is 0 Å². The molecule has 3 rings (SSSR count). The number of sulfonamides is 1. The van der Waals surface area contributed by atoms with Crippen molar-refractivity contribution in [2.24, 2.45) is 0 Å². The molecular formula is C19H22ClN3O4S. The van der Waals surface area contributed by atoms with Crippen LogP contribution in [0.4, 0.5) is 17.1 Å². The second-order valence-corrected chi connectivity index (χ2v) is 8.89. The van der Waals surface area contributed by atoms with Crippen molar-refractivity contribution in [3.8, 4) is 0 Å². The summed E-state index contributed by atoms with van der Waals surface area (Å²) in [6.07, 6.45) is 0. The fourth-order valence-corrected chi connectivity index (χ4v) is 4.08. The first kappa shape index (κ1) is 20.3. The van der Waals surface area contributed by atoms with Gasteiger partial charge in [-0.05, 0) is 37.3 Å². The quantitative estimate of drug-likeness (QED) is 0.741. The second-order valence-electron chi connectivity index (χ2n) is 6.47. The lowest BCUT2D eigenvalue weighted by Gasteiger charge is -2.38. The Kier molecular flexibility index (Phi) is 6.00. The van der Waals surface area contributed by atoms with Crippen molar-refractivity contribution in [1.82, 2.24) is 0 Å². The largest absolute Gasteiger partial charge is 0.478 e. The molecule has 0 amide bonds. The van der Waals surface area contributed by atoms with E-state index in [-0.39, 0.29) is 17.0 Å². The maximum atomic E-state index is 11.8. The van der Waals surface area contributed by atoms with Crippen LogP contribution in [0.15, 0.2) is 42.5 Å². The molecule has 1 fully saturated rings. The van der Waals surface area contributed by atoms with Gasteiger partial charge in [-0.15, -0.1) is 0 Å². The smallest absolute Gasteiger partial charge is 0.337 e. The molecule has 2 N–H and O–H groups in total. The molecule has 0 unspecified atom stereocenters. The molecule has 2 aromatic rings. The molecule has 28 heavy (non-hydrogen) atoms. The Morgan fingerprint density at radius 1 is 1.07 bits per heavy atom. The Hall–Kier alpha value is -2.45. The van der Waals surface area contributed by atoms with E-state index in [0.717, 1.165) is 5.69 Å². The Morgan fingerprint density at radius 3 is 2.25 bits per heavy atom. The Labute approximate surface area is 169 Å². The van der Waals surface area contributed by atoms with Crippen LogP contribution in [-0.4, -0.2) is 51.4 Å². The predicted octanol–water partition coefficient (Wildman–Crippen LogP) is 3.13. The van der Waals surface area contributed by atoms with Crippen molar-refractivity contribution in [1.29, 1.82) is 0 Å². The number of carboxylic acid groups (broad SMARTS) is 1. The van der Waals surface area contributed by atoms with Crippen molar-refractivity contribution in [3.63, 3.8) is 0 Å². The van der Waals surface area contributed by atoms with Gasteiger partial charge in [0, 0.05) is 31.9 Å². The second kappa shape index (κ2) is 8.28. The fourth-order valence-electron chi connectivity index (χ4n) is 3.19. The number of rotatable bonds is 6. The third kappa shape index (κ3) is 4.51. The average Bonchev–Trinajstić information content (AvgIpc) is 2.68. The van der Waals surface area contributed by atoms with Crippen molar-refractivity contribution in [3.05, 3.63) is 53.1 Å². The molecule has 7 nitrogen and oxygen atoms in total. The molecule has 1 aliphatic heterocycles. The van der Waals surface area contributed by atoms with Crippen LogP contribution >= 0.6 is 11.6 Å². The lowest BCUT2D eigenvalue weighted by molar-refractivity contribution is 0.0697. The first-order valence-corrected chi connectivity index (χ1v) is 11.0. The minimum atomic E-state index is -3.47. The highest BCUT2D eigenvalue weighted by molar-refractivity contribution is 7.92. The van der Waals surface area contributed by atoms with Crippen LogP contribution in [0, 0.1) is 0 Å². The number of nitrogens with one attached hydrogen (secondary N) is 1. The van der Waals surface area contributed by atoms with Crippen LogP contribution < -0.4 is 14.5 Å². The number of nitrogens with zero attached hydrogens (tertiary/aromatic N) is 2. The van der Waals surface area contributed by atoms with Gasteiger partial charge in [0.15, 0.2) is 0 Å². The number of anilines is 3. The van der Waals surface area contributed by atoms with E-state index in [4.69, 9.17) is 11.6 Å². The summed E-state index contributed by atoms with van der Waals surface area (Å²) in [6.45, 7) is 4.18. The van der Waals surface area contributed by atoms with Gasteiger partial charge in [0.1, 0.15) is 0 Å². The molecule has 2 aromatic carbocycles. The summed E-state index contributed by atoms with van der Waals surface area (Å²) in [5.41, 5.74) is 1.86.